The van der Waals surface area contributed by atoms with Gasteiger partial charge < -0.3 is 0 Å². The fourth-order valence-electron chi connectivity index (χ4n) is 3.36. The van der Waals surface area contributed by atoms with Gasteiger partial charge in [0.05, 0.1) is 0 Å². The number of hydrogen-bond donors (Lipinski definition) is 0. The van der Waals surface area contributed by atoms with E-state index in [4.69, 9.17) is 23.2 Å². The van der Waals surface area contributed by atoms with Crippen LogP contribution < -0.4 is 0 Å². The summed E-state index contributed by atoms with van der Waals surface area (Å²) in [6.07, 6.45) is 9.24. The van der Waals surface area contributed by atoms with Gasteiger partial charge in [0.1, 0.15) is 0 Å². The zero-order chi connectivity index (χ0) is 12.0. The molecule has 0 spiro atoms. The standard InChI is InChI=1S/C14H26Cl2/c1-3-6-12(2)9-14(10-15,11-16)13-7-4-5-8-13/h12-13H,3-11H2,1-2H3. The van der Waals surface area contributed by atoms with Gasteiger partial charge in [0.2, 0.25) is 0 Å². The van der Waals surface area contributed by atoms with E-state index in [-0.39, 0.29) is 5.41 Å². The van der Waals surface area contributed by atoms with Crippen molar-refractivity contribution in [1.29, 1.82) is 0 Å². The Bertz CT molecular complexity index is 181. The molecule has 0 bridgehead atoms. The molecule has 0 amide bonds. The molecule has 1 saturated carbocycles. The third-order valence-electron chi connectivity index (χ3n) is 4.29. The van der Waals surface area contributed by atoms with Crippen molar-refractivity contribution in [1.82, 2.24) is 0 Å². The van der Waals surface area contributed by atoms with Crippen molar-refractivity contribution in [3.05, 3.63) is 0 Å². The van der Waals surface area contributed by atoms with Crippen molar-refractivity contribution in [2.75, 3.05) is 11.8 Å². The Labute approximate surface area is 111 Å². The first kappa shape index (κ1) is 14.6. The van der Waals surface area contributed by atoms with Gasteiger partial charge in [0.25, 0.3) is 0 Å². The highest BCUT2D eigenvalue weighted by Gasteiger charge is 2.39. The Morgan fingerprint density at radius 1 is 1.19 bits per heavy atom. The molecule has 0 aliphatic heterocycles. The van der Waals surface area contributed by atoms with Crippen LogP contribution in [0.2, 0.25) is 0 Å². The van der Waals surface area contributed by atoms with Crippen LogP contribution in [-0.4, -0.2) is 11.8 Å². The Balaban J connectivity index is 2.62. The topological polar surface area (TPSA) is 0 Å². The number of hydrogen-bond acceptors (Lipinski definition) is 0. The van der Waals surface area contributed by atoms with E-state index in [1.807, 2.05) is 0 Å². The van der Waals surface area contributed by atoms with Crippen molar-refractivity contribution in [3.8, 4) is 0 Å². The lowest BCUT2D eigenvalue weighted by Crippen LogP contribution is -2.35. The lowest BCUT2D eigenvalue weighted by atomic mass is 9.71. The highest BCUT2D eigenvalue weighted by atomic mass is 35.5. The molecule has 0 N–H and O–H groups in total. The zero-order valence-electron chi connectivity index (χ0n) is 10.8. The van der Waals surface area contributed by atoms with Crippen molar-refractivity contribution in [2.24, 2.45) is 17.3 Å². The van der Waals surface area contributed by atoms with Crippen molar-refractivity contribution in [2.45, 2.75) is 58.8 Å². The Morgan fingerprint density at radius 2 is 1.75 bits per heavy atom. The molecular formula is C14H26Cl2. The predicted molar refractivity (Wildman–Crippen MR) is 74.5 cm³/mol. The van der Waals surface area contributed by atoms with Crippen LogP contribution in [0.3, 0.4) is 0 Å². The SMILES string of the molecule is CCCC(C)CC(CCl)(CCl)C1CCCC1. The van der Waals surface area contributed by atoms with E-state index in [0.717, 1.165) is 23.6 Å². The predicted octanol–water partition coefficient (Wildman–Crippen LogP) is 5.47. The Kier molecular flexibility index (Phi) is 6.51. The van der Waals surface area contributed by atoms with Gasteiger partial charge in [0, 0.05) is 17.2 Å². The number of rotatable bonds is 7. The number of halogens is 2. The van der Waals surface area contributed by atoms with Crippen LogP contribution in [0.25, 0.3) is 0 Å². The summed E-state index contributed by atoms with van der Waals surface area (Å²) in [5.41, 5.74) is 0.216. The van der Waals surface area contributed by atoms with E-state index in [1.54, 1.807) is 0 Å². The van der Waals surface area contributed by atoms with Crippen LogP contribution in [-0.2, 0) is 0 Å². The molecular weight excluding hydrogens is 239 g/mol. The molecule has 1 aliphatic rings. The van der Waals surface area contributed by atoms with Gasteiger partial charge in [0.15, 0.2) is 0 Å². The summed E-state index contributed by atoms with van der Waals surface area (Å²) in [5, 5.41) is 0. The van der Waals surface area contributed by atoms with E-state index >= 15 is 0 Å². The largest absolute Gasteiger partial charge is 0.126 e. The molecule has 1 unspecified atom stereocenters. The summed E-state index contributed by atoms with van der Waals surface area (Å²) in [6, 6.07) is 0. The molecule has 1 atom stereocenters. The van der Waals surface area contributed by atoms with E-state index in [1.165, 1.54) is 44.9 Å². The summed E-state index contributed by atoms with van der Waals surface area (Å²) >= 11 is 12.5. The first-order valence-electron chi connectivity index (χ1n) is 6.80. The van der Waals surface area contributed by atoms with Gasteiger partial charge in [-0.1, -0.05) is 39.5 Å². The molecule has 2 heteroatoms. The van der Waals surface area contributed by atoms with Crippen LogP contribution in [0.1, 0.15) is 58.8 Å². The summed E-state index contributed by atoms with van der Waals surface area (Å²) in [6.45, 7) is 4.61. The van der Waals surface area contributed by atoms with Crippen LogP contribution in [0.5, 0.6) is 0 Å². The molecule has 1 aliphatic carbocycles. The van der Waals surface area contributed by atoms with Gasteiger partial charge >= 0.3 is 0 Å². The van der Waals surface area contributed by atoms with E-state index in [0.29, 0.717) is 0 Å². The fraction of sp³-hybridized carbons (Fsp3) is 1.00. The molecule has 16 heavy (non-hydrogen) atoms. The van der Waals surface area contributed by atoms with E-state index in [2.05, 4.69) is 13.8 Å². The van der Waals surface area contributed by atoms with E-state index in [9.17, 15) is 0 Å². The summed E-state index contributed by atoms with van der Waals surface area (Å²) in [4.78, 5) is 0. The van der Waals surface area contributed by atoms with Crippen LogP contribution in [0.15, 0.2) is 0 Å². The van der Waals surface area contributed by atoms with Gasteiger partial charge in [-0.2, -0.15) is 0 Å². The lowest BCUT2D eigenvalue weighted by molar-refractivity contribution is 0.173. The molecule has 0 heterocycles. The summed E-state index contributed by atoms with van der Waals surface area (Å²) in [7, 11) is 0. The average molecular weight is 265 g/mol. The maximum atomic E-state index is 6.26. The highest BCUT2D eigenvalue weighted by molar-refractivity contribution is 6.21. The molecule has 0 aromatic heterocycles. The highest BCUT2D eigenvalue weighted by Crippen LogP contribution is 2.46. The third-order valence-corrected chi connectivity index (χ3v) is 5.35. The minimum absolute atomic E-state index is 0.216. The molecule has 0 radical (unpaired) electrons. The summed E-state index contributed by atoms with van der Waals surface area (Å²) in [5.74, 6) is 3.04. The maximum Gasteiger partial charge on any atom is 0.0294 e. The molecule has 0 aromatic carbocycles. The van der Waals surface area contributed by atoms with Crippen LogP contribution in [0.4, 0.5) is 0 Å². The Hall–Kier alpha value is 0.580. The number of alkyl halides is 2. The second kappa shape index (κ2) is 7.11. The lowest BCUT2D eigenvalue weighted by Gasteiger charge is -2.38. The van der Waals surface area contributed by atoms with E-state index < -0.39 is 0 Å². The molecule has 1 rings (SSSR count). The average Bonchev–Trinajstić information content (AvgIpc) is 2.80. The summed E-state index contributed by atoms with van der Waals surface area (Å²) < 4.78 is 0. The van der Waals surface area contributed by atoms with Gasteiger partial charge in [-0.05, 0) is 31.1 Å². The first-order chi connectivity index (χ1) is 7.68. The maximum absolute atomic E-state index is 6.26. The van der Waals surface area contributed by atoms with Crippen LogP contribution in [0, 0.1) is 17.3 Å². The monoisotopic (exact) mass is 264 g/mol. The fourth-order valence-corrected chi connectivity index (χ4v) is 4.30. The molecule has 1 fully saturated rings. The normalized spacial score (nSPS) is 20.2. The van der Waals surface area contributed by atoms with Gasteiger partial charge in [-0.25, -0.2) is 0 Å². The minimum Gasteiger partial charge on any atom is -0.126 e. The Morgan fingerprint density at radius 3 is 2.19 bits per heavy atom. The second-order valence-corrected chi connectivity index (χ2v) is 6.24. The van der Waals surface area contributed by atoms with Crippen molar-refractivity contribution >= 4 is 23.2 Å². The van der Waals surface area contributed by atoms with Crippen molar-refractivity contribution in [3.63, 3.8) is 0 Å². The van der Waals surface area contributed by atoms with Crippen LogP contribution >= 0.6 is 23.2 Å². The molecule has 0 aromatic rings. The smallest absolute Gasteiger partial charge is 0.0294 e. The molecule has 0 nitrogen and oxygen atoms in total. The van der Waals surface area contributed by atoms with Gasteiger partial charge in [-0.15, -0.1) is 23.2 Å². The zero-order valence-corrected chi connectivity index (χ0v) is 12.3. The van der Waals surface area contributed by atoms with Gasteiger partial charge in [-0.3, -0.25) is 0 Å². The first-order valence-corrected chi connectivity index (χ1v) is 7.87. The quantitative estimate of drug-likeness (QED) is 0.536. The minimum atomic E-state index is 0.216. The molecule has 96 valence electrons. The third kappa shape index (κ3) is 3.53. The van der Waals surface area contributed by atoms with Crippen molar-refractivity contribution < 1.29 is 0 Å². The second-order valence-electron chi connectivity index (χ2n) is 5.71. The molecule has 0 saturated heterocycles.